The first-order valence-corrected chi connectivity index (χ1v) is 4.41. The zero-order valence-corrected chi connectivity index (χ0v) is 8.45. The second-order valence-corrected chi connectivity index (χ2v) is 3.41. The third kappa shape index (κ3) is 2.60. The summed E-state index contributed by atoms with van der Waals surface area (Å²) in [6.07, 6.45) is 1.47. The highest BCUT2D eigenvalue weighted by molar-refractivity contribution is 5.77. The summed E-state index contributed by atoms with van der Waals surface area (Å²) >= 11 is 0. The first-order valence-electron chi connectivity index (χ1n) is 4.41. The Hall–Kier alpha value is -1.74. The maximum absolute atomic E-state index is 11.5. The van der Waals surface area contributed by atoms with Crippen LogP contribution in [0.3, 0.4) is 0 Å². The third-order valence-corrected chi connectivity index (χ3v) is 1.95. The van der Waals surface area contributed by atoms with Gasteiger partial charge >= 0.3 is 11.9 Å². The van der Waals surface area contributed by atoms with Gasteiger partial charge in [0.05, 0.1) is 0 Å². The van der Waals surface area contributed by atoms with E-state index in [0.29, 0.717) is 0 Å². The van der Waals surface area contributed by atoms with Crippen LogP contribution in [0.5, 0.6) is 0 Å². The molecule has 1 fully saturated rings. The molecule has 15 heavy (non-hydrogen) atoms. The molecule has 0 atom stereocenters. The molecule has 0 aromatic carbocycles. The van der Waals surface area contributed by atoms with Crippen molar-refractivity contribution >= 4 is 11.9 Å². The van der Waals surface area contributed by atoms with Crippen LogP contribution >= 0.6 is 0 Å². The van der Waals surface area contributed by atoms with Gasteiger partial charge in [-0.1, -0.05) is 12.7 Å². The molecule has 0 amide bonds. The van der Waals surface area contributed by atoms with Gasteiger partial charge in [-0.3, -0.25) is 4.79 Å². The van der Waals surface area contributed by atoms with Crippen molar-refractivity contribution in [2.45, 2.75) is 6.92 Å². The Labute approximate surface area is 87.3 Å². The fourth-order valence-electron chi connectivity index (χ4n) is 1.02. The Morgan fingerprint density at radius 2 is 2.27 bits per heavy atom. The Morgan fingerprint density at radius 1 is 1.67 bits per heavy atom. The average molecular weight is 212 g/mol. The molecule has 0 radical (unpaired) electrons. The minimum Gasteiger partial charge on any atom is -0.461 e. The van der Waals surface area contributed by atoms with Crippen molar-refractivity contribution in [3.05, 3.63) is 18.6 Å². The lowest BCUT2D eigenvalue weighted by molar-refractivity contribution is -0.171. The molecular formula is C10H12O5. The van der Waals surface area contributed by atoms with Crippen LogP contribution in [0.2, 0.25) is 0 Å². The summed E-state index contributed by atoms with van der Waals surface area (Å²) in [6, 6.07) is 0. The highest BCUT2D eigenvalue weighted by Crippen LogP contribution is 2.26. The number of hydrogen-bond acceptors (Lipinski definition) is 5. The second kappa shape index (κ2) is 4.66. The molecule has 1 aliphatic heterocycles. The number of hydrogen-bond donors (Lipinski definition) is 0. The quantitative estimate of drug-likeness (QED) is 0.386. The third-order valence-electron chi connectivity index (χ3n) is 1.95. The summed E-state index contributed by atoms with van der Waals surface area (Å²) in [4.78, 5) is 21.7. The number of carbonyl (C=O) groups is 1. The molecular weight excluding hydrogens is 200 g/mol. The maximum atomic E-state index is 11.5. The van der Waals surface area contributed by atoms with E-state index in [0.717, 1.165) is 0 Å². The van der Waals surface area contributed by atoms with Crippen molar-refractivity contribution in [3.63, 3.8) is 0 Å². The van der Waals surface area contributed by atoms with Gasteiger partial charge in [-0.2, -0.15) is 0 Å². The van der Waals surface area contributed by atoms with E-state index in [9.17, 15) is 9.59 Å². The van der Waals surface area contributed by atoms with Crippen LogP contribution < -0.4 is 0 Å². The largest absolute Gasteiger partial charge is 0.461 e. The molecule has 5 nitrogen and oxygen atoms in total. The molecule has 0 aliphatic carbocycles. The summed E-state index contributed by atoms with van der Waals surface area (Å²) < 4.78 is 14.7. The van der Waals surface area contributed by atoms with Crippen molar-refractivity contribution in [1.29, 1.82) is 0 Å². The summed E-state index contributed by atoms with van der Waals surface area (Å²) in [6.45, 7) is 5.31. The van der Waals surface area contributed by atoms with Crippen molar-refractivity contribution < 1.29 is 23.8 Å². The van der Waals surface area contributed by atoms with Crippen LogP contribution in [-0.2, 0) is 23.8 Å². The van der Waals surface area contributed by atoms with Crippen molar-refractivity contribution in [2.24, 2.45) is 5.41 Å². The predicted molar refractivity (Wildman–Crippen MR) is 50.4 cm³/mol. The topological polar surface area (TPSA) is 61.8 Å². The molecule has 1 rings (SSSR count). The fourth-order valence-corrected chi connectivity index (χ4v) is 1.02. The SMILES string of the molecule is C=CCOC(=O)C1(C)COC(=C=O)OC1. The molecule has 0 bridgehead atoms. The Kier molecular flexibility index (Phi) is 3.52. The lowest BCUT2D eigenvalue weighted by Crippen LogP contribution is -2.42. The van der Waals surface area contributed by atoms with E-state index in [1.54, 1.807) is 6.92 Å². The normalized spacial score (nSPS) is 24.5. The molecule has 1 aliphatic rings. The van der Waals surface area contributed by atoms with Crippen LogP contribution in [0.15, 0.2) is 18.6 Å². The van der Waals surface area contributed by atoms with E-state index in [1.807, 2.05) is 0 Å². The molecule has 1 heterocycles. The molecule has 5 heteroatoms. The molecule has 0 N–H and O–H groups in total. The van der Waals surface area contributed by atoms with E-state index in [4.69, 9.17) is 14.2 Å². The van der Waals surface area contributed by atoms with Crippen molar-refractivity contribution in [1.82, 2.24) is 0 Å². The van der Waals surface area contributed by atoms with E-state index in [2.05, 4.69) is 6.58 Å². The van der Waals surface area contributed by atoms with Gasteiger partial charge in [-0.05, 0) is 6.92 Å². The zero-order chi connectivity index (χ0) is 11.3. The number of carbonyl (C=O) groups excluding carboxylic acids is 2. The molecule has 0 unspecified atom stereocenters. The summed E-state index contributed by atoms with van der Waals surface area (Å²) in [5, 5.41) is 0. The minimum atomic E-state index is -0.886. The summed E-state index contributed by atoms with van der Waals surface area (Å²) in [7, 11) is 0. The standard InChI is InChI=1S/C10H12O5/c1-3-4-13-9(12)10(2)6-14-8(5-11)15-7-10/h3H,1,4,6-7H2,2H3. The summed E-state index contributed by atoms with van der Waals surface area (Å²) in [5.41, 5.74) is -0.886. The maximum Gasteiger partial charge on any atom is 0.369 e. The Morgan fingerprint density at radius 3 is 2.73 bits per heavy atom. The van der Waals surface area contributed by atoms with Crippen molar-refractivity contribution in [3.8, 4) is 0 Å². The van der Waals surface area contributed by atoms with Gasteiger partial charge in [-0.15, -0.1) is 0 Å². The van der Waals surface area contributed by atoms with E-state index < -0.39 is 11.4 Å². The zero-order valence-electron chi connectivity index (χ0n) is 8.45. The van der Waals surface area contributed by atoms with Gasteiger partial charge < -0.3 is 14.2 Å². The highest BCUT2D eigenvalue weighted by Gasteiger charge is 2.40. The van der Waals surface area contributed by atoms with Crippen LogP contribution in [0.4, 0.5) is 0 Å². The monoisotopic (exact) mass is 212 g/mol. The highest BCUT2D eigenvalue weighted by atomic mass is 16.7. The van der Waals surface area contributed by atoms with Gasteiger partial charge in [0.25, 0.3) is 0 Å². The fraction of sp³-hybridized carbons (Fsp3) is 0.500. The smallest absolute Gasteiger partial charge is 0.369 e. The summed E-state index contributed by atoms with van der Waals surface area (Å²) in [5.74, 6) is 0.822. The van der Waals surface area contributed by atoms with Crippen LogP contribution in [0.1, 0.15) is 6.92 Å². The van der Waals surface area contributed by atoms with Gasteiger partial charge in [0, 0.05) is 0 Å². The number of ether oxygens (including phenoxy) is 3. The van der Waals surface area contributed by atoms with E-state index >= 15 is 0 Å². The number of esters is 1. The lowest BCUT2D eigenvalue weighted by atomic mass is 9.92. The molecule has 0 saturated carbocycles. The van der Waals surface area contributed by atoms with Gasteiger partial charge in [-0.25, -0.2) is 4.79 Å². The first kappa shape index (κ1) is 11.3. The van der Waals surface area contributed by atoms with Crippen molar-refractivity contribution in [2.75, 3.05) is 19.8 Å². The van der Waals surface area contributed by atoms with Gasteiger partial charge in [0.2, 0.25) is 5.94 Å². The number of rotatable bonds is 3. The van der Waals surface area contributed by atoms with Crippen LogP contribution in [-0.4, -0.2) is 31.7 Å². The van der Waals surface area contributed by atoms with Gasteiger partial charge in [0.1, 0.15) is 25.2 Å². The second-order valence-electron chi connectivity index (χ2n) is 3.41. The van der Waals surface area contributed by atoms with Crippen LogP contribution in [0, 0.1) is 5.41 Å². The Balaban J connectivity index is 2.57. The minimum absolute atomic E-state index is 0.0492. The first-order chi connectivity index (χ1) is 7.12. The molecule has 0 aromatic heterocycles. The molecule has 0 spiro atoms. The Bertz CT molecular complexity index is 304. The molecule has 82 valence electrons. The van der Waals surface area contributed by atoms with E-state index in [1.165, 1.54) is 12.0 Å². The molecule has 0 aromatic rings. The van der Waals surface area contributed by atoms with E-state index in [-0.39, 0.29) is 25.8 Å². The lowest BCUT2D eigenvalue weighted by Gasteiger charge is -2.30. The predicted octanol–water partition coefficient (Wildman–Crippen LogP) is 0.442. The average Bonchev–Trinajstić information content (AvgIpc) is 2.27. The molecule has 1 saturated heterocycles. The van der Waals surface area contributed by atoms with Crippen LogP contribution in [0.25, 0.3) is 0 Å². The van der Waals surface area contributed by atoms with Gasteiger partial charge in [0.15, 0.2) is 0 Å².